The van der Waals surface area contributed by atoms with Gasteiger partial charge in [0.25, 0.3) is 0 Å². The molecule has 0 fully saturated rings. The zero-order valence-corrected chi connectivity index (χ0v) is 11.1. The van der Waals surface area contributed by atoms with Crippen molar-refractivity contribution >= 4 is 0 Å². The summed E-state index contributed by atoms with van der Waals surface area (Å²) in [5.41, 5.74) is 1.27. The fourth-order valence-electron chi connectivity index (χ4n) is 1.08. The molecule has 0 N–H and O–H groups in total. The van der Waals surface area contributed by atoms with E-state index in [4.69, 9.17) is 4.74 Å². The second kappa shape index (κ2) is 7.89. The molecule has 13 heavy (non-hydrogen) atoms. The number of hydrogen-bond donors (Lipinski definition) is 0. The maximum Gasteiger partial charge on any atom is 0.130 e. The Morgan fingerprint density at radius 2 is 1.85 bits per heavy atom. The van der Waals surface area contributed by atoms with Crippen LogP contribution in [-0.2, 0) is 62.5 Å². The molecule has 0 spiro atoms. The van der Waals surface area contributed by atoms with Crippen LogP contribution < -0.4 is 4.74 Å². The molecule has 0 atom stereocenters. The van der Waals surface area contributed by atoms with Crippen LogP contribution in [0.4, 0.5) is 0 Å². The van der Waals surface area contributed by atoms with Crippen molar-refractivity contribution < 1.29 is 60.8 Å². The Balaban J connectivity index is 0. The van der Waals surface area contributed by atoms with E-state index in [9.17, 15) is 0 Å². The van der Waals surface area contributed by atoms with Crippen molar-refractivity contribution in [1.29, 1.82) is 0 Å². The van der Waals surface area contributed by atoms with Crippen LogP contribution >= 0.6 is 0 Å². The zero-order chi connectivity index (χ0) is 6.81. The van der Waals surface area contributed by atoms with Gasteiger partial charge in [0.1, 0.15) is 5.75 Å². The Labute approximate surface area is 114 Å². The number of fused-ring (bicyclic) bond motifs is 1. The minimum atomic E-state index is 0. The number of hydrogen-bond acceptors (Lipinski definition) is 1. The van der Waals surface area contributed by atoms with Crippen LogP contribution in [0.3, 0.4) is 0 Å². The summed E-state index contributed by atoms with van der Waals surface area (Å²) in [5.74, 6) is 0.991. The van der Waals surface area contributed by atoms with E-state index in [0.29, 0.717) is 0 Å². The van der Waals surface area contributed by atoms with Crippen LogP contribution in [0.2, 0.25) is 0 Å². The Kier molecular flexibility index (Phi) is 9.69. The molecule has 0 unspecified atom stereocenters. The standard InChI is InChI=1S/C9H8O.Mo.Ni.V/c1-2-6-9-8(4-1)5-3-7-10-9;;;/h1-4,6-7H,5H2;;;. The van der Waals surface area contributed by atoms with Crippen molar-refractivity contribution in [2.24, 2.45) is 0 Å². The summed E-state index contributed by atoms with van der Waals surface area (Å²) in [6.45, 7) is 0. The van der Waals surface area contributed by atoms with Crippen molar-refractivity contribution in [3.8, 4) is 5.75 Å². The molecular weight excluding hydrogens is 330 g/mol. The predicted molar refractivity (Wildman–Crippen MR) is 39.9 cm³/mol. The molecule has 1 aliphatic heterocycles. The molecule has 0 aromatic heterocycles. The molecular formula is C9H8MoNiOV. The van der Waals surface area contributed by atoms with Gasteiger partial charge in [-0.15, -0.1) is 0 Å². The van der Waals surface area contributed by atoms with E-state index in [0.717, 1.165) is 12.2 Å². The minimum absolute atomic E-state index is 0. The smallest absolute Gasteiger partial charge is 0.130 e. The van der Waals surface area contributed by atoms with E-state index in [1.165, 1.54) is 5.56 Å². The molecule has 4 heteroatoms. The first kappa shape index (κ1) is 16.0. The first-order valence-electron chi connectivity index (χ1n) is 3.36. The quantitative estimate of drug-likeness (QED) is 0.659. The predicted octanol–water partition coefficient (Wildman–Crippen LogP) is 2.13. The molecule has 1 heterocycles. The third kappa shape index (κ3) is 4.04. The number of benzene rings is 1. The number of para-hydroxylation sites is 1. The Bertz CT molecular complexity index is 251. The van der Waals surface area contributed by atoms with E-state index in [1.54, 1.807) is 6.26 Å². The Morgan fingerprint density at radius 1 is 1.15 bits per heavy atom. The second-order valence-electron chi connectivity index (χ2n) is 2.30. The van der Waals surface area contributed by atoms with Crippen LogP contribution in [0.5, 0.6) is 5.75 Å². The summed E-state index contributed by atoms with van der Waals surface area (Å²) < 4.78 is 5.24. The van der Waals surface area contributed by atoms with E-state index >= 15 is 0 Å². The third-order valence-corrected chi connectivity index (χ3v) is 1.60. The van der Waals surface area contributed by atoms with E-state index in [-0.39, 0.29) is 56.1 Å². The van der Waals surface area contributed by atoms with E-state index in [2.05, 4.69) is 6.07 Å². The Morgan fingerprint density at radius 3 is 2.54 bits per heavy atom. The molecule has 71 valence electrons. The zero-order valence-electron chi connectivity index (χ0n) is 6.75. The monoisotopic (exact) mass is 339 g/mol. The van der Waals surface area contributed by atoms with Crippen molar-refractivity contribution in [3.63, 3.8) is 0 Å². The van der Waals surface area contributed by atoms with Crippen molar-refractivity contribution in [2.75, 3.05) is 0 Å². The second-order valence-corrected chi connectivity index (χ2v) is 2.30. The van der Waals surface area contributed by atoms with E-state index in [1.807, 2.05) is 24.3 Å². The largest absolute Gasteiger partial charge is 0.465 e. The molecule has 0 bridgehead atoms. The first-order valence-corrected chi connectivity index (χ1v) is 3.36. The van der Waals surface area contributed by atoms with Gasteiger partial charge < -0.3 is 4.74 Å². The van der Waals surface area contributed by atoms with Gasteiger partial charge in [0, 0.05) is 56.1 Å². The fourth-order valence-corrected chi connectivity index (χ4v) is 1.08. The first-order chi connectivity index (χ1) is 4.97. The van der Waals surface area contributed by atoms with Crippen molar-refractivity contribution in [2.45, 2.75) is 6.42 Å². The van der Waals surface area contributed by atoms with Gasteiger partial charge in [0.2, 0.25) is 0 Å². The maximum atomic E-state index is 5.24. The SMILES string of the molecule is C1=COc2ccccc2C1.[Mo].[Ni].[V]. The number of allylic oxidation sites excluding steroid dienone is 1. The topological polar surface area (TPSA) is 9.23 Å². The third-order valence-electron chi connectivity index (χ3n) is 1.60. The van der Waals surface area contributed by atoms with E-state index < -0.39 is 0 Å². The van der Waals surface area contributed by atoms with Crippen LogP contribution in [0.15, 0.2) is 36.6 Å². The van der Waals surface area contributed by atoms with Gasteiger partial charge in [0.15, 0.2) is 0 Å². The fraction of sp³-hybridized carbons (Fsp3) is 0.111. The van der Waals surface area contributed by atoms with Gasteiger partial charge in [-0.25, -0.2) is 0 Å². The molecule has 1 aromatic carbocycles. The molecule has 2 rings (SSSR count). The summed E-state index contributed by atoms with van der Waals surface area (Å²) in [6.07, 6.45) is 4.75. The Hall–Kier alpha value is 0.526. The van der Waals surface area contributed by atoms with Crippen molar-refractivity contribution in [1.82, 2.24) is 0 Å². The van der Waals surface area contributed by atoms with Gasteiger partial charge in [-0.05, 0) is 24.1 Å². The van der Waals surface area contributed by atoms with Gasteiger partial charge >= 0.3 is 0 Å². The molecule has 1 aromatic rings. The average molecular weight is 338 g/mol. The van der Waals surface area contributed by atoms with Gasteiger partial charge in [-0.1, -0.05) is 18.2 Å². The summed E-state index contributed by atoms with van der Waals surface area (Å²) in [5, 5.41) is 0. The molecule has 1 radical (unpaired) electrons. The molecule has 1 nitrogen and oxygen atoms in total. The molecule has 0 saturated heterocycles. The number of ether oxygens (including phenoxy) is 1. The van der Waals surface area contributed by atoms with Gasteiger partial charge in [-0.2, -0.15) is 0 Å². The van der Waals surface area contributed by atoms with Crippen molar-refractivity contribution in [3.05, 3.63) is 42.2 Å². The van der Waals surface area contributed by atoms with Gasteiger partial charge in [-0.3, -0.25) is 0 Å². The average Bonchev–Trinajstić information content (AvgIpc) is 2.05. The number of rotatable bonds is 0. The summed E-state index contributed by atoms with van der Waals surface area (Å²) in [6, 6.07) is 8.08. The molecule has 0 aliphatic carbocycles. The van der Waals surface area contributed by atoms with Gasteiger partial charge in [0.05, 0.1) is 6.26 Å². The maximum absolute atomic E-state index is 5.24. The van der Waals surface area contributed by atoms with Crippen LogP contribution in [0.1, 0.15) is 5.56 Å². The van der Waals surface area contributed by atoms with Crippen LogP contribution in [-0.4, -0.2) is 0 Å². The normalized spacial score (nSPS) is 10.8. The molecule has 1 aliphatic rings. The summed E-state index contributed by atoms with van der Waals surface area (Å²) in [4.78, 5) is 0. The molecule has 0 saturated carbocycles. The van der Waals surface area contributed by atoms with Crippen LogP contribution in [0.25, 0.3) is 0 Å². The van der Waals surface area contributed by atoms with Crippen LogP contribution in [0, 0.1) is 0 Å². The summed E-state index contributed by atoms with van der Waals surface area (Å²) >= 11 is 0. The molecule has 0 amide bonds. The summed E-state index contributed by atoms with van der Waals surface area (Å²) in [7, 11) is 0. The minimum Gasteiger partial charge on any atom is -0.465 e.